The van der Waals surface area contributed by atoms with E-state index in [-0.39, 0.29) is 29.7 Å². The quantitative estimate of drug-likeness (QED) is 0.862. The fraction of sp³-hybridized carbons (Fsp3) is 0.400. The lowest BCUT2D eigenvalue weighted by Crippen LogP contribution is -2.48. The zero-order chi connectivity index (χ0) is 14.7. The molecule has 2 aromatic rings. The molecule has 6 heteroatoms. The molecular formula is C15H17N3O3. The number of carbonyl (C=O) groups excluding carboxylic acids is 1. The van der Waals surface area contributed by atoms with Crippen LogP contribution in [-0.2, 0) is 6.42 Å². The fourth-order valence-corrected chi connectivity index (χ4v) is 2.64. The van der Waals surface area contributed by atoms with Crippen molar-refractivity contribution in [3.05, 3.63) is 48.1 Å². The van der Waals surface area contributed by atoms with Crippen molar-refractivity contribution >= 4 is 5.91 Å². The van der Waals surface area contributed by atoms with E-state index >= 15 is 0 Å². The molecule has 1 saturated carbocycles. The van der Waals surface area contributed by atoms with Crippen molar-refractivity contribution < 1.29 is 14.4 Å². The van der Waals surface area contributed by atoms with Gasteiger partial charge in [-0.15, -0.1) is 0 Å². The molecule has 1 atom stereocenters. The van der Waals surface area contributed by atoms with Gasteiger partial charge in [-0.05, 0) is 42.9 Å². The van der Waals surface area contributed by atoms with Crippen LogP contribution >= 0.6 is 0 Å². The van der Waals surface area contributed by atoms with E-state index in [9.17, 15) is 9.90 Å². The average molecular weight is 287 g/mol. The van der Waals surface area contributed by atoms with Crippen molar-refractivity contribution in [1.82, 2.24) is 15.5 Å². The number of pyridine rings is 1. The molecule has 1 amide bonds. The van der Waals surface area contributed by atoms with Gasteiger partial charge < -0.3 is 14.9 Å². The number of hydrogen-bond acceptors (Lipinski definition) is 5. The molecule has 2 N–H and O–H groups in total. The van der Waals surface area contributed by atoms with Crippen molar-refractivity contribution in [1.29, 1.82) is 0 Å². The Kier molecular flexibility index (Phi) is 3.96. The lowest BCUT2D eigenvalue weighted by molar-refractivity contribution is 0.0238. The summed E-state index contributed by atoms with van der Waals surface area (Å²) >= 11 is 0. The molecule has 0 aliphatic heterocycles. The molecule has 3 rings (SSSR count). The van der Waals surface area contributed by atoms with Gasteiger partial charge in [0.25, 0.3) is 5.91 Å². The third-order valence-corrected chi connectivity index (χ3v) is 3.91. The van der Waals surface area contributed by atoms with E-state index in [1.165, 1.54) is 12.3 Å². The predicted octanol–water partition coefficient (Wildman–Crippen LogP) is 1.18. The lowest BCUT2D eigenvalue weighted by Gasteiger charge is -2.38. The highest BCUT2D eigenvalue weighted by Crippen LogP contribution is 2.31. The molecule has 2 aromatic heterocycles. The van der Waals surface area contributed by atoms with Gasteiger partial charge in [0.2, 0.25) is 0 Å². The molecule has 110 valence electrons. The Labute approximate surface area is 122 Å². The fourth-order valence-electron chi connectivity index (χ4n) is 2.64. The van der Waals surface area contributed by atoms with Gasteiger partial charge in [-0.1, -0.05) is 5.16 Å². The van der Waals surface area contributed by atoms with Gasteiger partial charge >= 0.3 is 0 Å². The molecule has 0 aromatic carbocycles. The molecule has 6 nitrogen and oxygen atoms in total. The maximum absolute atomic E-state index is 12.1. The maximum atomic E-state index is 12.1. The predicted molar refractivity (Wildman–Crippen MR) is 74.4 cm³/mol. The molecule has 0 spiro atoms. The van der Waals surface area contributed by atoms with Gasteiger partial charge in [-0.25, -0.2) is 0 Å². The van der Waals surface area contributed by atoms with Crippen molar-refractivity contribution in [2.45, 2.75) is 31.4 Å². The van der Waals surface area contributed by atoms with E-state index in [2.05, 4.69) is 15.5 Å². The second-order valence-corrected chi connectivity index (χ2v) is 5.41. The van der Waals surface area contributed by atoms with Crippen LogP contribution in [-0.4, -0.2) is 33.3 Å². The Morgan fingerprint density at radius 3 is 2.76 bits per heavy atom. The van der Waals surface area contributed by atoms with E-state index in [1.807, 2.05) is 12.1 Å². The summed E-state index contributed by atoms with van der Waals surface area (Å²) in [7, 11) is 0. The molecular weight excluding hydrogens is 270 g/mol. The number of amides is 1. The Bertz CT molecular complexity index is 579. The van der Waals surface area contributed by atoms with Crippen LogP contribution in [0.5, 0.6) is 0 Å². The molecule has 2 heterocycles. The Morgan fingerprint density at radius 1 is 1.38 bits per heavy atom. The molecule has 0 radical (unpaired) electrons. The summed E-state index contributed by atoms with van der Waals surface area (Å²) in [6, 6.07) is 5.38. The third kappa shape index (κ3) is 3.28. The molecule has 1 fully saturated rings. The summed E-state index contributed by atoms with van der Waals surface area (Å²) in [4.78, 5) is 16.1. The third-order valence-electron chi connectivity index (χ3n) is 3.91. The first-order valence-electron chi connectivity index (χ1n) is 7.00. The van der Waals surface area contributed by atoms with Gasteiger partial charge in [0.1, 0.15) is 6.26 Å². The summed E-state index contributed by atoms with van der Waals surface area (Å²) in [5.74, 6) is 0.0354. The van der Waals surface area contributed by atoms with E-state index in [1.54, 1.807) is 12.4 Å². The van der Waals surface area contributed by atoms with Crippen molar-refractivity contribution in [3.8, 4) is 0 Å². The van der Waals surface area contributed by atoms with Gasteiger partial charge in [-0.3, -0.25) is 9.78 Å². The minimum atomic E-state index is -0.251. The zero-order valence-electron chi connectivity index (χ0n) is 11.5. The topological polar surface area (TPSA) is 88.2 Å². The molecule has 1 aliphatic carbocycles. The van der Waals surface area contributed by atoms with Gasteiger partial charge in [0.05, 0.1) is 6.10 Å². The highest BCUT2D eigenvalue weighted by atomic mass is 16.5. The minimum Gasteiger partial charge on any atom is -0.393 e. The lowest BCUT2D eigenvalue weighted by atomic mass is 9.75. The van der Waals surface area contributed by atoms with E-state index in [4.69, 9.17) is 4.52 Å². The Balaban J connectivity index is 1.69. The first-order chi connectivity index (χ1) is 10.2. The Hall–Kier alpha value is -2.21. The van der Waals surface area contributed by atoms with Crippen LogP contribution in [0, 0.1) is 5.92 Å². The van der Waals surface area contributed by atoms with Crippen molar-refractivity contribution in [2.75, 3.05) is 0 Å². The first-order valence-corrected chi connectivity index (χ1v) is 7.00. The van der Waals surface area contributed by atoms with Crippen LogP contribution in [0.2, 0.25) is 0 Å². The van der Waals surface area contributed by atoms with E-state index in [0.717, 1.165) is 18.4 Å². The highest BCUT2D eigenvalue weighted by Gasteiger charge is 2.35. The summed E-state index contributed by atoms with van der Waals surface area (Å²) < 4.78 is 4.69. The highest BCUT2D eigenvalue weighted by molar-refractivity contribution is 5.92. The first kappa shape index (κ1) is 13.8. The van der Waals surface area contributed by atoms with Crippen LogP contribution in [0.1, 0.15) is 28.9 Å². The van der Waals surface area contributed by atoms with E-state index in [0.29, 0.717) is 6.42 Å². The van der Waals surface area contributed by atoms with Crippen molar-refractivity contribution in [3.63, 3.8) is 0 Å². The summed E-state index contributed by atoms with van der Waals surface area (Å²) in [5.41, 5.74) is 1.38. The normalized spacial score (nSPS) is 22.3. The number of aliphatic hydroxyl groups excluding tert-OH is 1. The van der Waals surface area contributed by atoms with Gasteiger partial charge in [-0.2, -0.15) is 0 Å². The summed E-state index contributed by atoms with van der Waals surface area (Å²) in [6.07, 6.45) is 6.75. The van der Waals surface area contributed by atoms with Gasteiger partial charge in [0.15, 0.2) is 5.69 Å². The van der Waals surface area contributed by atoms with Crippen LogP contribution in [0.25, 0.3) is 0 Å². The number of carbonyl (C=O) groups is 1. The van der Waals surface area contributed by atoms with Crippen LogP contribution in [0.3, 0.4) is 0 Å². The standard InChI is InChI=1S/C15H17N3O3/c19-12-8-11(9-12)14(7-10-1-4-16-5-2-10)17-15(20)13-3-6-21-18-13/h1-6,11-12,14,19H,7-9H2,(H,17,20)/t11?,12?,14-/m1/s1. The molecule has 21 heavy (non-hydrogen) atoms. The van der Waals surface area contributed by atoms with Crippen LogP contribution < -0.4 is 5.32 Å². The Morgan fingerprint density at radius 2 is 2.14 bits per heavy atom. The second-order valence-electron chi connectivity index (χ2n) is 5.41. The van der Waals surface area contributed by atoms with Crippen LogP contribution in [0.15, 0.2) is 41.4 Å². The van der Waals surface area contributed by atoms with Gasteiger partial charge in [0, 0.05) is 24.5 Å². The molecule has 0 unspecified atom stereocenters. The minimum absolute atomic E-state index is 0.0278. The summed E-state index contributed by atoms with van der Waals surface area (Å²) in [6.45, 7) is 0. The number of hydrogen-bond donors (Lipinski definition) is 2. The average Bonchev–Trinajstić information content (AvgIpc) is 2.98. The smallest absolute Gasteiger partial charge is 0.273 e. The number of nitrogens with zero attached hydrogens (tertiary/aromatic N) is 2. The number of nitrogens with one attached hydrogen (secondary N) is 1. The largest absolute Gasteiger partial charge is 0.393 e. The molecule has 1 aliphatic rings. The number of aromatic nitrogens is 2. The van der Waals surface area contributed by atoms with Crippen LogP contribution in [0.4, 0.5) is 0 Å². The monoisotopic (exact) mass is 287 g/mol. The number of rotatable bonds is 5. The summed E-state index contributed by atoms with van der Waals surface area (Å²) in [5, 5.41) is 16.1. The SMILES string of the molecule is O=C(N[C@H](Cc1ccncc1)C1CC(O)C1)c1ccon1. The number of aliphatic hydroxyl groups is 1. The maximum Gasteiger partial charge on any atom is 0.273 e. The molecule has 0 bridgehead atoms. The van der Waals surface area contributed by atoms with Crippen molar-refractivity contribution in [2.24, 2.45) is 5.92 Å². The molecule has 0 saturated heterocycles. The zero-order valence-corrected chi connectivity index (χ0v) is 11.5. The second kappa shape index (κ2) is 6.05. The van der Waals surface area contributed by atoms with E-state index < -0.39 is 0 Å².